The molecule has 1 unspecified atom stereocenters. The van der Waals surface area contributed by atoms with Crippen LogP contribution in [0.25, 0.3) is 0 Å². The summed E-state index contributed by atoms with van der Waals surface area (Å²) in [5, 5.41) is 3.18. The van der Waals surface area contributed by atoms with Crippen LogP contribution in [0.3, 0.4) is 0 Å². The van der Waals surface area contributed by atoms with Crippen molar-refractivity contribution in [2.24, 2.45) is 12.0 Å². The number of aromatic nitrogens is 1. The minimum absolute atomic E-state index is 0.0893. The number of hydrogen-bond donors (Lipinski definition) is 1. The average molecular weight is 436 g/mol. The van der Waals surface area contributed by atoms with Gasteiger partial charge in [-0.25, -0.2) is 4.79 Å². The SMILES string of the molecule is COc1cccc(N2C(=O)NC(=NC3CCCCC3)C23CCN(Cc2cccn2C)C3)c1. The van der Waals surface area contributed by atoms with E-state index in [-0.39, 0.29) is 6.03 Å². The molecule has 5 rings (SSSR count). The molecule has 2 saturated heterocycles. The standard InChI is InChI=1S/C25H33N5O2/c1-28-14-7-11-21(28)17-29-15-13-25(18-29)23(26-19-8-4-3-5-9-19)27-24(31)30(25)20-10-6-12-22(16-20)32-2/h6-7,10-12,14,16,19H,3-5,8-9,13,15,17-18H2,1-2H3,(H,26,27,31). The molecule has 32 heavy (non-hydrogen) atoms. The maximum Gasteiger partial charge on any atom is 0.328 e. The molecule has 1 N–H and O–H groups in total. The summed E-state index contributed by atoms with van der Waals surface area (Å²) in [5.41, 5.74) is 1.67. The van der Waals surface area contributed by atoms with Gasteiger partial charge in [-0.2, -0.15) is 0 Å². The van der Waals surface area contributed by atoms with Gasteiger partial charge in [0.05, 0.1) is 18.8 Å². The Labute approximate surface area is 190 Å². The van der Waals surface area contributed by atoms with Gasteiger partial charge in [-0.3, -0.25) is 20.1 Å². The van der Waals surface area contributed by atoms with E-state index in [0.717, 1.165) is 56.2 Å². The maximum atomic E-state index is 13.3. The number of amides is 2. The number of nitrogens with one attached hydrogen (secondary N) is 1. The first kappa shape index (κ1) is 21.1. The number of aryl methyl sites for hydroxylation is 1. The fourth-order valence-corrected chi connectivity index (χ4v) is 5.50. The number of aliphatic imine (C=N–C) groups is 1. The van der Waals surface area contributed by atoms with Crippen LogP contribution in [0.4, 0.5) is 10.5 Å². The molecule has 3 aliphatic rings. The second-order valence-corrected chi connectivity index (χ2v) is 9.34. The van der Waals surface area contributed by atoms with Gasteiger partial charge in [0.2, 0.25) is 0 Å². The summed E-state index contributed by atoms with van der Waals surface area (Å²) in [6.07, 6.45) is 8.91. The van der Waals surface area contributed by atoms with Crippen LogP contribution in [-0.2, 0) is 13.6 Å². The Morgan fingerprint density at radius 3 is 2.78 bits per heavy atom. The van der Waals surface area contributed by atoms with E-state index < -0.39 is 5.54 Å². The zero-order chi connectivity index (χ0) is 22.1. The lowest BCUT2D eigenvalue weighted by Gasteiger charge is -2.34. The molecule has 2 aliphatic heterocycles. The van der Waals surface area contributed by atoms with E-state index in [9.17, 15) is 4.79 Å². The second kappa shape index (κ2) is 8.62. The van der Waals surface area contributed by atoms with E-state index in [1.54, 1.807) is 7.11 Å². The summed E-state index contributed by atoms with van der Waals surface area (Å²) in [6, 6.07) is 12.3. The molecule has 1 saturated carbocycles. The van der Waals surface area contributed by atoms with Crippen molar-refractivity contribution < 1.29 is 9.53 Å². The molecule has 1 spiro atoms. The molecule has 7 heteroatoms. The zero-order valence-corrected chi connectivity index (χ0v) is 19.1. The predicted octanol–water partition coefficient (Wildman–Crippen LogP) is 3.94. The van der Waals surface area contributed by atoms with Crippen LogP contribution in [0.15, 0.2) is 47.6 Å². The monoisotopic (exact) mass is 435 g/mol. The van der Waals surface area contributed by atoms with Crippen LogP contribution < -0.4 is 15.0 Å². The van der Waals surface area contributed by atoms with Crippen molar-refractivity contribution in [1.82, 2.24) is 14.8 Å². The number of methoxy groups -OCH3 is 1. The summed E-state index contributed by atoms with van der Waals surface area (Å²) >= 11 is 0. The predicted molar refractivity (Wildman–Crippen MR) is 126 cm³/mol. The van der Waals surface area contributed by atoms with Gasteiger partial charge in [0.15, 0.2) is 0 Å². The number of hydrogen-bond acceptors (Lipinski definition) is 4. The lowest BCUT2D eigenvalue weighted by Crippen LogP contribution is -2.52. The molecule has 1 atom stereocenters. The van der Waals surface area contributed by atoms with Crippen molar-refractivity contribution in [3.05, 3.63) is 48.3 Å². The van der Waals surface area contributed by atoms with Gasteiger partial charge in [-0.1, -0.05) is 25.3 Å². The number of amidine groups is 1. The molecule has 7 nitrogen and oxygen atoms in total. The first-order chi connectivity index (χ1) is 15.6. The smallest absolute Gasteiger partial charge is 0.328 e. The van der Waals surface area contributed by atoms with E-state index in [1.165, 1.54) is 25.0 Å². The van der Waals surface area contributed by atoms with Gasteiger partial charge in [-0.15, -0.1) is 0 Å². The fourth-order valence-electron chi connectivity index (χ4n) is 5.50. The number of benzene rings is 1. The third-order valence-corrected chi connectivity index (χ3v) is 7.26. The Kier molecular flexibility index (Phi) is 5.67. The fraction of sp³-hybridized carbons (Fsp3) is 0.520. The maximum absolute atomic E-state index is 13.3. The summed E-state index contributed by atoms with van der Waals surface area (Å²) in [4.78, 5) is 22.9. The quantitative estimate of drug-likeness (QED) is 0.774. The molecule has 1 aliphatic carbocycles. The number of carbonyl (C=O) groups is 1. The van der Waals surface area contributed by atoms with Gasteiger partial charge < -0.3 is 9.30 Å². The highest BCUT2D eigenvalue weighted by Gasteiger charge is 2.55. The van der Waals surface area contributed by atoms with Crippen LogP contribution in [0, 0.1) is 0 Å². The van der Waals surface area contributed by atoms with Crippen molar-refractivity contribution in [3.8, 4) is 5.75 Å². The largest absolute Gasteiger partial charge is 0.497 e. The Bertz CT molecular complexity index is 1010. The highest BCUT2D eigenvalue weighted by molar-refractivity contribution is 6.19. The summed E-state index contributed by atoms with van der Waals surface area (Å²) in [5.74, 6) is 1.60. The van der Waals surface area contributed by atoms with E-state index in [2.05, 4.69) is 40.2 Å². The number of rotatable bonds is 5. The third-order valence-electron chi connectivity index (χ3n) is 7.26. The Morgan fingerprint density at radius 1 is 1.19 bits per heavy atom. The van der Waals surface area contributed by atoms with Crippen LogP contribution >= 0.6 is 0 Å². The topological polar surface area (TPSA) is 62.1 Å². The van der Waals surface area contributed by atoms with Crippen molar-refractivity contribution in [1.29, 1.82) is 0 Å². The third kappa shape index (κ3) is 3.79. The first-order valence-electron chi connectivity index (χ1n) is 11.8. The van der Waals surface area contributed by atoms with Gasteiger partial charge in [-0.05, 0) is 43.5 Å². The van der Waals surface area contributed by atoms with Gasteiger partial charge >= 0.3 is 6.03 Å². The number of likely N-dealkylation sites (tertiary alicyclic amines) is 1. The van der Waals surface area contributed by atoms with Gasteiger partial charge in [0.1, 0.15) is 17.1 Å². The Balaban J connectivity index is 1.50. The van der Waals surface area contributed by atoms with Crippen LogP contribution in [0.2, 0.25) is 0 Å². The zero-order valence-electron chi connectivity index (χ0n) is 19.1. The van der Waals surface area contributed by atoms with Crippen molar-refractivity contribution >= 4 is 17.6 Å². The van der Waals surface area contributed by atoms with Crippen molar-refractivity contribution in [3.63, 3.8) is 0 Å². The van der Waals surface area contributed by atoms with Crippen LogP contribution in [0.5, 0.6) is 5.75 Å². The lowest BCUT2D eigenvalue weighted by molar-refractivity contribution is 0.250. The molecule has 170 valence electrons. The molecule has 1 aromatic carbocycles. The Morgan fingerprint density at radius 2 is 2.03 bits per heavy atom. The number of carbonyl (C=O) groups excluding carboxylic acids is 1. The summed E-state index contributed by atoms with van der Waals surface area (Å²) in [6.45, 7) is 2.55. The molecular formula is C25H33N5O2. The normalized spacial score (nSPS) is 25.8. The second-order valence-electron chi connectivity index (χ2n) is 9.34. The molecule has 2 aromatic rings. The molecule has 3 heterocycles. The van der Waals surface area contributed by atoms with Crippen LogP contribution in [0.1, 0.15) is 44.2 Å². The molecule has 2 amide bonds. The number of ether oxygens (including phenoxy) is 1. The summed E-state index contributed by atoms with van der Waals surface area (Å²) < 4.78 is 7.62. The number of urea groups is 1. The lowest BCUT2D eigenvalue weighted by atomic mass is 9.93. The minimum atomic E-state index is -0.466. The minimum Gasteiger partial charge on any atom is -0.497 e. The first-order valence-corrected chi connectivity index (χ1v) is 11.8. The van der Waals surface area contributed by atoms with E-state index in [1.807, 2.05) is 29.2 Å². The molecule has 1 aromatic heterocycles. The molecule has 0 bridgehead atoms. The highest BCUT2D eigenvalue weighted by atomic mass is 16.5. The highest BCUT2D eigenvalue weighted by Crippen LogP contribution is 2.39. The molecular weight excluding hydrogens is 402 g/mol. The summed E-state index contributed by atoms with van der Waals surface area (Å²) in [7, 11) is 3.74. The van der Waals surface area contributed by atoms with E-state index >= 15 is 0 Å². The van der Waals surface area contributed by atoms with Crippen molar-refractivity contribution in [2.45, 2.75) is 56.7 Å². The van der Waals surface area contributed by atoms with Gasteiger partial charge in [0.25, 0.3) is 0 Å². The van der Waals surface area contributed by atoms with E-state index in [0.29, 0.717) is 6.04 Å². The Hall–Kier alpha value is -2.80. The van der Waals surface area contributed by atoms with Crippen molar-refractivity contribution in [2.75, 3.05) is 25.1 Å². The molecule has 3 fully saturated rings. The van der Waals surface area contributed by atoms with E-state index in [4.69, 9.17) is 9.73 Å². The van der Waals surface area contributed by atoms with Gasteiger partial charge in [0, 0.05) is 44.6 Å². The number of nitrogens with zero attached hydrogens (tertiary/aromatic N) is 4. The number of anilines is 1. The van der Waals surface area contributed by atoms with Crippen LogP contribution in [-0.4, -0.2) is 53.1 Å². The molecule has 0 radical (unpaired) electrons. The average Bonchev–Trinajstić information content (AvgIpc) is 3.48.